The molecular weight excluding hydrogens is 300 g/mol. The van der Waals surface area contributed by atoms with E-state index in [0.29, 0.717) is 13.2 Å². The zero-order valence-corrected chi connectivity index (χ0v) is 13.7. The van der Waals surface area contributed by atoms with Crippen molar-refractivity contribution in [3.63, 3.8) is 0 Å². The van der Waals surface area contributed by atoms with Gasteiger partial charge in [-0.25, -0.2) is 4.79 Å². The number of nitrogens with one attached hydrogen (secondary N) is 1. The molecule has 0 saturated carbocycles. The van der Waals surface area contributed by atoms with Gasteiger partial charge in [-0.2, -0.15) is 0 Å². The molecule has 0 aliphatic carbocycles. The fourth-order valence-electron chi connectivity index (χ4n) is 3.53. The summed E-state index contributed by atoms with van der Waals surface area (Å²) in [5, 5.41) is 3.09. The quantitative estimate of drug-likeness (QED) is 0.944. The van der Waals surface area contributed by atoms with E-state index < -0.39 is 0 Å². The summed E-state index contributed by atoms with van der Waals surface area (Å²) in [5.74, 6) is 0. The van der Waals surface area contributed by atoms with Crippen molar-refractivity contribution in [3.8, 4) is 0 Å². The van der Waals surface area contributed by atoms with Crippen molar-refractivity contribution in [2.24, 2.45) is 0 Å². The molecule has 1 atom stereocenters. The van der Waals surface area contributed by atoms with Crippen molar-refractivity contribution >= 4 is 6.03 Å². The number of amides is 2. The molecule has 1 unspecified atom stereocenters. The van der Waals surface area contributed by atoms with E-state index in [-0.39, 0.29) is 18.1 Å². The first-order chi connectivity index (χ1) is 11.8. The molecule has 1 saturated heterocycles. The summed E-state index contributed by atoms with van der Waals surface area (Å²) in [6.07, 6.45) is 1.75. The number of rotatable bonds is 3. The van der Waals surface area contributed by atoms with Crippen molar-refractivity contribution in [1.29, 1.82) is 0 Å². The predicted octanol–water partition coefficient (Wildman–Crippen LogP) is 2.94. The molecule has 0 radical (unpaired) electrons. The number of hydrogen-bond acceptors (Lipinski definition) is 2. The first-order valence-corrected chi connectivity index (χ1v) is 8.58. The molecule has 2 aromatic rings. The maximum Gasteiger partial charge on any atom is 0.318 e. The number of ether oxygens (including phenoxy) is 1. The van der Waals surface area contributed by atoms with Crippen molar-refractivity contribution in [3.05, 3.63) is 71.3 Å². The van der Waals surface area contributed by atoms with Gasteiger partial charge in [-0.15, -0.1) is 0 Å². The lowest BCUT2D eigenvalue weighted by Gasteiger charge is -2.39. The van der Waals surface area contributed by atoms with E-state index in [1.807, 2.05) is 11.0 Å². The summed E-state index contributed by atoms with van der Waals surface area (Å²) in [7, 11) is 0. The Balaban J connectivity index is 1.60. The molecule has 24 heavy (non-hydrogen) atoms. The molecule has 2 aliphatic heterocycles. The summed E-state index contributed by atoms with van der Waals surface area (Å²) >= 11 is 0. The van der Waals surface area contributed by atoms with Gasteiger partial charge in [0.25, 0.3) is 0 Å². The molecule has 2 aliphatic rings. The molecule has 0 bridgehead atoms. The first kappa shape index (κ1) is 15.2. The molecule has 4 heteroatoms. The molecule has 4 nitrogen and oxygen atoms in total. The summed E-state index contributed by atoms with van der Waals surface area (Å²) in [4.78, 5) is 14.8. The van der Waals surface area contributed by atoms with E-state index >= 15 is 0 Å². The number of carbonyl (C=O) groups is 1. The van der Waals surface area contributed by atoms with Gasteiger partial charge >= 0.3 is 6.03 Å². The van der Waals surface area contributed by atoms with Crippen LogP contribution in [0.15, 0.2) is 54.6 Å². The smallest absolute Gasteiger partial charge is 0.318 e. The largest absolute Gasteiger partial charge is 0.377 e. The summed E-state index contributed by atoms with van der Waals surface area (Å²) < 4.78 is 5.17. The fraction of sp³-hybridized carbons (Fsp3) is 0.350. The second kappa shape index (κ2) is 6.65. The van der Waals surface area contributed by atoms with Crippen LogP contribution in [0.25, 0.3) is 0 Å². The molecule has 0 aromatic heterocycles. The second-order valence-electron chi connectivity index (χ2n) is 6.53. The Labute approximate surface area is 142 Å². The number of carbonyl (C=O) groups excluding carboxylic acids is 1. The number of urea groups is 1. The number of hydrogen-bond donors (Lipinski definition) is 1. The highest BCUT2D eigenvalue weighted by Gasteiger charge is 2.32. The third kappa shape index (κ3) is 3.02. The van der Waals surface area contributed by atoms with E-state index in [1.54, 1.807) is 0 Å². The van der Waals surface area contributed by atoms with Crippen LogP contribution >= 0.6 is 0 Å². The minimum atomic E-state index is 0.0266. The van der Waals surface area contributed by atoms with Crippen LogP contribution in [0, 0.1) is 0 Å². The van der Waals surface area contributed by atoms with Crippen molar-refractivity contribution < 1.29 is 9.53 Å². The van der Waals surface area contributed by atoms with Gasteiger partial charge in [0, 0.05) is 6.54 Å². The van der Waals surface area contributed by atoms with Gasteiger partial charge in [-0.05, 0) is 29.5 Å². The molecule has 2 amide bonds. The van der Waals surface area contributed by atoms with E-state index in [1.165, 1.54) is 16.7 Å². The third-order valence-electron chi connectivity index (χ3n) is 4.91. The van der Waals surface area contributed by atoms with E-state index in [4.69, 9.17) is 4.74 Å². The van der Waals surface area contributed by atoms with Gasteiger partial charge < -0.3 is 15.0 Å². The minimum absolute atomic E-state index is 0.0266. The monoisotopic (exact) mass is 322 g/mol. The van der Waals surface area contributed by atoms with Crippen LogP contribution in [0.4, 0.5) is 4.79 Å². The minimum Gasteiger partial charge on any atom is -0.377 e. The van der Waals surface area contributed by atoms with Crippen LogP contribution in [0.1, 0.15) is 22.7 Å². The van der Waals surface area contributed by atoms with E-state index in [9.17, 15) is 4.79 Å². The molecule has 4 rings (SSSR count). The highest BCUT2D eigenvalue weighted by Crippen LogP contribution is 2.32. The Morgan fingerprint density at radius 1 is 1.08 bits per heavy atom. The van der Waals surface area contributed by atoms with Crippen LogP contribution in [-0.4, -0.2) is 36.7 Å². The summed E-state index contributed by atoms with van der Waals surface area (Å²) in [6.45, 7) is 2.01. The standard InChI is InChI=1S/C20H22N2O2/c23-20(21-17-13-24-14-17)22-11-10-16-8-4-5-9-18(16)19(22)12-15-6-2-1-3-7-15/h1-9,17,19H,10-14H2,(H,21,23). The molecule has 0 spiro atoms. The van der Waals surface area contributed by atoms with Crippen LogP contribution in [-0.2, 0) is 17.6 Å². The molecule has 2 aromatic carbocycles. The number of fused-ring (bicyclic) bond motifs is 1. The van der Waals surface area contributed by atoms with Crippen LogP contribution < -0.4 is 5.32 Å². The number of nitrogens with zero attached hydrogens (tertiary/aromatic N) is 1. The second-order valence-corrected chi connectivity index (χ2v) is 6.53. The Morgan fingerprint density at radius 3 is 2.58 bits per heavy atom. The highest BCUT2D eigenvalue weighted by molar-refractivity contribution is 5.75. The first-order valence-electron chi connectivity index (χ1n) is 8.58. The normalized spacial score (nSPS) is 20.2. The fourth-order valence-corrected chi connectivity index (χ4v) is 3.53. The highest BCUT2D eigenvalue weighted by atomic mass is 16.5. The average Bonchev–Trinajstić information content (AvgIpc) is 2.59. The molecular formula is C20H22N2O2. The van der Waals surface area contributed by atoms with Gasteiger partial charge in [-0.3, -0.25) is 0 Å². The maximum atomic E-state index is 12.8. The Bertz CT molecular complexity index is 713. The molecule has 1 N–H and O–H groups in total. The summed E-state index contributed by atoms with van der Waals surface area (Å²) in [5.41, 5.74) is 3.88. The third-order valence-corrected chi connectivity index (χ3v) is 4.91. The SMILES string of the molecule is O=C(NC1COC1)N1CCc2ccccc2C1Cc1ccccc1. The van der Waals surface area contributed by atoms with Gasteiger partial charge in [0.15, 0.2) is 0 Å². The lowest BCUT2D eigenvalue weighted by molar-refractivity contribution is -0.00297. The predicted molar refractivity (Wildman–Crippen MR) is 92.9 cm³/mol. The molecule has 1 fully saturated rings. The topological polar surface area (TPSA) is 41.6 Å². The Hall–Kier alpha value is -2.33. The van der Waals surface area contributed by atoms with Crippen molar-refractivity contribution in [2.75, 3.05) is 19.8 Å². The lowest BCUT2D eigenvalue weighted by Crippen LogP contribution is -2.55. The Morgan fingerprint density at radius 2 is 1.83 bits per heavy atom. The zero-order valence-electron chi connectivity index (χ0n) is 13.7. The van der Waals surface area contributed by atoms with Gasteiger partial charge in [0.2, 0.25) is 0 Å². The Kier molecular flexibility index (Phi) is 4.22. The molecule has 2 heterocycles. The molecule has 124 valence electrons. The van der Waals surface area contributed by atoms with Gasteiger partial charge in [0.1, 0.15) is 0 Å². The lowest BCUT2D eigenvalue weighted by atomic mass is 9.89. The number of benzene rings is 2. The van der Waals surface area contributed by atoms with E-state index in [0.717, 1.165) is 19.4 Å². The van der Waals surface area contributed by atoms with E-state index in [2.05, 4.69) is 53.8 Å². The maximum absolute atomic E-state index is 12.8. The van der Waals surface area contributed by atoms with Crippen LogP contribution in [0.5, 0.6) is 0 Å². The van der Waals surface area contributed by atoms with Gasteiger partial charge in [0.05, 0.1) is 25.3 Å². The van der Waals surface area contributed by atoms with Crippen molar-refractivity contribution in [2.45, 2.75) is 24.9 Å². The van der Waals surface area contributed by atoms with Gasteiger partial charge in [-0.1, -0.05) is 54.6 Å². The zero-order chi connectivity index (χ0) is 16.4. The average molecular weight is 322 g/mol. The van der Waals surface area contributed by atoms with Crippen molar-refractivity contribution in [1.82, 2.24) is 10.2 Å². The van der Waals surface area contributed by atoms with Crippen LogP contribution in [0.3, 0.4) is 0 Å². The van der Waals surface area contributed by atoms with Crippen LogP contribution in [0.2, 0.25) is 0 Å². The summed E-state index contributed by atoms with van der Waals surface area (Å²) in [6, 6.07) is 19.2.